The number of carbonyl (C=O) groups is 2. The number of hydrogen-bond acceptors (Lipinski definition) is 3. The molecule has 3 aromatic rings. The van der Waals surface area contributed by atoms with E-state index in [0.29, 0.717) is 11.4 Å². The average molecular weight is 383 g/mol. The fourth-order valence-corrected chi connectivity index (χ4v) is 3.32. The molecule has 0 aliphatic heterocycles. The number of carbonyl (C=O) groups excluding carboxylic acids is 2. The predicted octanol–water partition coefficient (Wildman–Crippen LogP) is 4.31. The van der Waals surface area contributed by atoms with E-state index in [-0.39, 0.29) is 18.1 Å². The van der Waals surface area contributed by atoms with Crippen LogP contribution in [0.4, 0.5) is 14.9 Å². The Hall–Kier alpha value is -3.06. The third-order valence-corrected chi connectivity index (χ3v) is 4.78. The number of halogens is 1. The van der Waals surface area contributed by atoms with E-state index in [9.17, 15) is 14.0 Å². The van der Waals surface area contributed by atoms with Crippen LogP contribution in [0, 0.1) is 5.82 Å². The Morgan fingerprint density at radius 2 is 1.63 bits per heavy atom. The lowest BCUT2D eigenvalue weighted by Crippen LogP contribution is -2.44. The zero-order valence-electron chi connectivity index (χ0n) is 14.4. The van der Waals surface area contributed by atoms with Gasteiger partial charge >= 0.3 is 6.03 Å². The largest absolute Gasteiger partial charge is 0.337 e. The normalized spacial score (nSPS) is 10.4. The molecule has 0 spiro atoms. The molecule has 0 saturated heterocycles. The zero-order valence-corrected chi connectivity index (χ0v) is 15.2. The van der Waals surface area contributed by atoms with Crippen molar-refractivity contribution in [3.05, 3.63) is 72.5 Å². The molecule has 0 bridgehead atoms. The van der Waals surface area contributed by atoms with Crippen LogP contribution >= 0.6 is 11.8 Å². The van der Waals surface area contributed by atoms with Crippen LogP contribution in [0.1, 0.15) is 6.42 Å². The van der Waals surface area contributed by atoms with E-state index in [2.05, 4.69) is 16.2 Å². The quantitative estimate of drug-likeness (QED) is 0.454. The van der Waals surface area contributed by atoms with Gasteiger partial charge in [-0.05, 0) is 35.7 Å². The topological polar surface area (TPSA) is 70.2 Å². The van der Waals surface area contributed by atoms with Gasteiger partial charge in [0.2, 0.25) is 5.91 Å². The standard InChI is InChI=1S/C20H18FN3O2S/c21-15-8-10-16(11-9-15)27-13-12-19(25)23-24-20(26)22-18-7-3-5-14-4-1-2-6-17(14)18/h1-11H,12-13H2,(H,23,25)(H2,22,24,26). The number of benzene rings is 3. The minimum atomic E-state index is -0.522. The first-order valence-corrected chi connectivity index (χ1v) is 9.32. The van der Waals surface area contributed by atoms with Gasteiger partial charge in [0.15, 0.2) is 0 Å². The van der Waals surface area contributed by atoms with Gasteiger partial charge in [-0.2, -0.15) is 0 Å². The minimum absolute atomic E-state index is 0.219. The van der Waals surface area contributed by atoms with Crippen molar-refractivity contribution in [2.75, 3.05) is 11.1 Å². The second-order valence-corrected chi connectivity index (χ2v) is 6.87. The van der Waals surface area contributed by atoms with E-state index in [1.54, 1.807) is 18.2 Å². The molecule has 0 atom stereocenters. The van der Waals surface area contributed by atoms with E-state index >= 15 is 0 Å². The number of hydrazine groups is 1. The number of rotatable bonds is 5. The second kappa shape index (κ2) is 9.05. The molecule has 0 aliphatic rings. The van der Waals surface area contributed by atoms with Gasteiger partial charge in [0.1, 0.15) is 5.82 Å². The van der Waals surface area contributed by atoms with Crippen molar-refractivity contribution in [1.29, 1.82) is 0 Å². The summed E-state index contributed by atoms with van der Waals surface area (Å²) in [4.78, 5) is 24.7. The molecule has 3 aromatic carbocycles. The third-order valence-electron chi connectivity index (χ3n) is 3.76. The summed E-state index contributed by atoms with van der Waals surface area (Å²) in [5.41, 5.74) is 5.37. The SMILES string of the molecule is O=C(CCSc1ccc(F)cc1)NNC(=O)Nc1cccc2ccccc12. The van der Waals surface area contributed by atoms with Crippen molar-refractivity contribution in [2.24, 2.45) is 0 Å². The van der Waals surface area contributed by atoms with E-state index in [1.807, 2.05) is 36.4 Å². The Balaban J connectivity index is 1.43. The summed E-state index contributed by atoms with van der Waals surface area (Å²) in [7, 11) is 0. The van der Waals surface area contributed by atoms with Gasteiger partial charge < -0.3 is 5.32 Å². The van der Waals surface area contributed by atoms with Gasteiger partial charge in [0.25, 0.3) is 0 Å². The molecule has 27 heavy (non-hydrogen) atoms. The van der Waals surface area contributed by atoms with E-state index in [4.69, 9.17) is 0 Å². The highest BCUT2D eigenvalue weighted by Crippen LogP contribution is 2.22. The second-order valence-electron chi connectivity index (χ2n) is 5.71. The fraction of sp³-hybridized carbons (Fsp3) is 0.100. The van der Waals surface area contributed by atoms with Crippen LogP contribution in [-0.2, 0) is 4.79 Å². The van der Waals surface area contributed by atoms with Crippen molar-refractivity contribution in [2.45, 2.75) is 11.3 Å². The first-order valence-electron chi connectivity index (χ1n) is 8.34. The highest BCUT2D eigenvalue weighted by Gasteiger charge is 2.07. The maximum Gasteiger partial charge on any atom is 0.337 e. The minimum Gasteiger partial charge on any atom is -0.306 e. The van der Waals surface area contributed by atoms with Crippen LogP contribution in [0.3, 0.4) is 0 Å². The van der Waals surface area contributed by atoms with Gasteiger partial charge in [0, 0.05) is 22.5 Å². The van der Waals surface area contributed by atoms with Crippen molar-refractivity contribution >= 4 is 40.2 Å². The summed E-state index contributed by atoms with van der Waals surface area (Å²) in [5, 5.41) is 4.65. The molecule has 3 amide bonds. The first kappa shape index (κ1) is 18.7. The number of thioether (sulfide) groups is 1. The Morgan fingerprint density at radius 3 is 2.44 bits per heavy atom. The van der Waals surface area contributed by atoms with Crippen LogP contribution < -0.4 is 16.2 Å². The maximum atomic E-state index is 12.8. The lowest BCUT2D eigenvalue weighted by atomic mass is 10.1. The van der Waals surface area contributed by atoms with E-state index in [0.717, 1.165) is 15.7 Å². The number of amides is 3. The van der Waals surface area contributed by atoms with E-state index < -0.39 is 6.03 Å². The van der Waals surface area contributed by atoms with Gasteiger partial charge in [0.05, 0.1) is 5.69 Å². The molecule has 0 aliphatic carbocycles. The molecule has 0 heterocycles. The lowest BCUT2D eigenvalue weighted by Gasteiger charge is -2.11. The summed E-state index contributed by atoms with van der Waals surface area (Å²) < 4.78 is 12.8. The smallest absolute Gasteiger partial charge is 0.306 e. The van der Waals surface area contributed by atoms with E-state index in [1.165, 1.54) is 23.9 Å². The van der Waals surface area contributed by atoms with Crippen molar-refractivity contribution in [3.63, 3.8) is 0 Å². The zero-order chi connectivity index (χ0) is 19.1. The third kappa shape index (κ3) is 5.46. The van der Waals surface area contributed by atoms with Crippen molar-refractivity contribution in [1.82, 2.24) is 10.9 Å². The predicted molar refractivity (Wildman–Crippen MR) is 106 cm³/mol. The molecule has 5 nitrogen and oxygen atoms in total. The molecule has 0 aromatic heterocycles. The van der Waals surface area contributed by atoms with Gasteiger partial charge in [-0.3, -0.25) is 10.2 Å². The maximum absolute atomic E-state index is 12.8. The Labute approximate surface area is 160 Å². The first-order chi connectivity index (χ1) is 13.1. The molecule has 3 rings (SSSR count). The molecule has 0 saturated carbocycles. The highest BCUT2D eigenvalue weighted by molar-refractivity contribution is 7.99. The number of urea groups is 1. The Bertz CT molecular complexity index is 942. The molecular weight excluding hydrogens is 365 g/mol. The van der Waals surface area contributed by atoms with Crippen LogP contribution in [-0.4, -0.2) is 17.7 Å². The van der Waals surface area contributed by atoms with Crippen LogP contribution in [0.5, 0.6) is 0 Å². The average Bonchev–Trinajstić information content (AvgIpc) is 2.68. The highest BCUT2D eigenvalue weighted by atomic mass is 32.2. The molecule has 7 heteroatoms. The number of nitrogens with one attached hydrogen (secondary N) is 3. The summed E-state index contributed by atoms with van der Waals surface area (Å²) in [6.45, 7) is 0. The van der Waals surface area contributed by atoms with Crippen molar-refractivity contribution < 1.29 is 14.0 Å². The summed E-state index contributed by atoms with van der Waals surface area (Å²) in [6.07, 6.45) is 0.219. The number of fused-ring (bicyclic) bond motifs is 1. The molecule has 0 fully saturated rings. The summed E-state index contributed by atoms with van der Waals surface area (Å²) in [6, 6.07) is 18.8. The number of anilines is 1. The lowest BCUT2D eigenvalue weighted by molar-refractivity contribution is -0.121. The summed E-state index contributed by atoms with van der Waals surface area (Å²) in [5.74, 6) is -0.0828. The molecule has 0 radical (unpaired) electrons. The summed E-state index contributed by atoms with van der Waals surface area (Å²) >= 11 is 1.44. The molecule has 138 valence electrons. The molecular formula is C20H18FN3O2S. The molecule has 0 unspecified atom stereocenters. The molecule has 3 N–H and O–H groups in total. The van der Waals surface area contributed by atoms with Gasteiger partial charge in [-0.25, -0.2) is 14.6 Å². The monoisotopic (exact) mass is 383 g/mol. The van der Waals surface area contributed by atoms with Gasteiger partial charge in [-0.1, -0.05) is 36.4 Å². The van der Waals surface area contributed by atoms with Crippen molar-refractivity contribution in [3.8, 4) is 0 Å². The Morgan fingerprint density at radius 1 is 0.889 bits per heavy atom. The van der Waals surface area contributed by atoms with Crippen LogP contribution in [0.15, 0.2) is 71.6 Å². The Kier molecular flexibility index (Phi) is 6.27. The van der Waals surface area contributed by atoms with Crippen LogP contribution in [0.25, 0.3) is 10.8 Å². The van der Waals surface area contributed by atoms with Crippen LogP contribution in [0.2, 0.25) is 0 Å². The van der Waals surface area contributed by atoms with Gasteiger partial charge in [-0.15, -0.1) is 11.8 Å². The fourth-order valence-electron chi connectivity index (χ4n) is 2.47. The number of hydrogen-bond donors (Lipinski definition) is 3.